The highest BCUT2D eigenvalue weighted by molar-refractivity contribution is 6.43. The van der Waals surface area contributed by atoms with E-state index in [2.05, 4.69) is 28.1 Å². The average Bonchev–Trinajstić information content (AvgIpc) is 1.60. The monoisotopic (exact) mass is 123 g/mol. The molecule has 1 aliphatic heterocycles. The summed E-state index contributed by atoms with van der Waals surface area (Å²) in [7, 11) is 2.49. The number of rotatable bonds is 2. The van der Waals surface area contributed by atoms with Crippen molar-refractivity contribution in [2.24, 2.45) is 5.92 Å². The van der Waals surface area contributed by atoms with E-state index < -0.39 is 0 Å². The van der Waals surface area contributed by atoms with Crippen LogP contribution in [0.3, 0.4) is 0 Å². The Morgan fingerprint density at radius 1 is 1.56 bits per heavy atom. The molecule has 2 atom stereocenters. The van der Waals surface area contributed by atoms with Crippen LogP contribution < -0.4 is 0 Å². The minimum Gasteiger partial charge on any atom is -0.0718 e. The van der Waals surface area contributed by atoms with Gasteiger partial charge in [-0.05, 0) is 5.92 Å². The molecule has 0 spiro atoms. The predicted octanol–water partition coefficient (Wildman–Crippen LogP) is 2.74. The smallest absolute Gasteiger partial charge is 0.0718 e. The molecule has 1 radical (unpaired) electrons. The molecule has 1 fully saturated rings. The lowest BCUT2D eigenvalue weighted by molar-refractivity contribution is 0.493. The van der Waals surface area contributed by atoms with Crippen molar-refractivity contribution in [1.29, 1.82) is 0 Å². The van der Waals surface area contributed by atoms with Crippen LogP contribution in [0.25, 0.3) is 0 Å². The van der Waals surface area contributed by atoms with Gasteiger partial charge in [0.25, 0.3) is 0 Å². The summed E-state index contributed by atoms with van der Waals surface area (Å²) in [5.74, 6) is 2.76. The first-order valence-corrected chi connectivity index (χ1v) is 4.03. The summed E-state index contributed by atoms with van der Waals surface area (Å²) in [6.45, 7) is 6.91. The number of hydrogen-bond acceptors (Lipinski definition) is 0. The van der Waals surface area contributed by atoms with Crippen LogP contribution in [0.15, 0.2) is 0 Å². The fourth-order valence-electron chi connectivity index (χ4n) is 1.68. The lowest BCUT2D eigenvalue weighted by Gasteiger charge is -2.32. The molecule has 1 saturated heterocycles. The van der Waals surface area contributed by atoms with Crippen molar-refractivity contribution >= 4 is 7.28 Å². The summed E-state index contributed by atoms with van der Waals surface area (Å²) in [6.07, 6.45) is 2.85. The normalized spacial score (nSPS) is 33.8. The summed E-state index contributed by atoms with van der Waals surface area (Å²) >= 11 is 0. The highest BCUT2D eigenvalue weighted by Crippen LogP contribution is 2.39. The van der Waals surface area contributed by atoms with Crippen molar-refractivity contribution in [3.63, 3.8) is 0 Å². The maximum Gasteiger partial charge on any atom is 0.117 e. The molecule has 0 nitrogen and oxygen atoms in total. The van der Waals surface area contributed by atoms with E-state index in [9.17, 15) is 0 Å². The molecule has 9 heavy (non-hydrogen) atoms. The largest absolute Gasteiger partial charge is 0.117 e. The maximum atomic E-state index is 2.49. The van der Waals surface area contributed by atoms with Gasteiger partial charge in [-0.15, -0.1) is 0 Å². The van der Waals surface area contributed by atoms with E-state index in [1.54, 1.807) is 0 Å². The molecule has 0 bridgehead atoms. The summed E-state index contributed by atoms with van der Waals surface area (Å²) in [5.41, 5.74) is 0. The SMILES string of the molecule is CC(C)CC1[B]C(C)C1. The van der Waals surface area contributed by atoms with Crippen LogP contribution >= 0.6 is 0 Å². The van der Waals surface area contributed by atoms with Crippen LogP contribution in [0.4, 0.5) is 0 Å². The minimum absolute atomic E-state index is 0.888. The summed E-state index contributed by atoms with van der Waals surface area (Å²) < 4.78 is 0. The van der Waals surface area contributed by atoms with Crippen molar-refractivity contribution in [3.05, 3.63) is 0 Å². The Balaban J connectivity index is 2.04. The third kappa shape index (κ3) is 2.04. The molecule has 1 heteroatoms. The highest BCUT2D eigenvalue weighted by Gasteiger charge is 2.26. The van der Waals surface area contributed by atoms with E-state index in [1.807, 2.05) is 0 Å². The fourth-order valence-corrected chi connectivity index (χ4v) is 1.68. The Bertz CT molecular complexity index is 82.6. The van der Waals surface area contributed by atoms with Crippen molar-refractivity contribution in [2.45, 2.75) is 45.2 Å². The van der Waals surface area contributed by atoms with E-state index in [1.165, 1.54) is 12.8 Å². The molecule has 2 unspecified atom stereocenters. The second kappa shape index (κ2) is 2.77. The van der Waals surface area contributed by atoms with E-state index in [-0.39, 0.29) is 0 Å². The fraction of sp³-hybridized carbons (Fsp3) is 1.00. The zero-order valence-electron chi connectivity index (χ0n) is 6.72. The van der Waals surface area contributed by atoms with Gasteiger partial charge in [0.15, 0.2) is 0 Å². The molecular formula is C8H16B. The Morgan fingerprint density at radius 3 is 2.44 bits per heavy atom. The quantitative estimate of drug-likeness (QED) is 0.495. The zero-order valence-corrected chi connectivity index (χ0v) is 6.72. The van der Waals surface area contributed by atoms with Gasteiger partial charge in [-0.1, -0.05) is 45.2 Å². The molecule has 1 rings (SSSR count). The van der Waals surface area contributed by atoms with Gasteiger partial charge in [-0.2, -0.15) is 0 Å². The molecule has 51 valence electrons. The first-order valence-electron chi connectivity index (χ1n) is 4.03. The lowest BCUT2D eigenvalue weighted by atomic mass is 9.40. The maximum absolute atomic E-state index is 2.49. The summed E-state index contributed by atoms with van der Waals surface area (Å²) in [5, 5.41) is 0. The van der Waals surface area contributed by atoms with Crippen LogP contribution in [-0.4, -0.2) is 7.28 Å². The van der Waals surface area contributed by atoms with Crippen LogP contribution in [0.2, 0.25) is 11.6 Å². The third-order valence-corrected chi connectivity index (χ3v) is 2.05. The topological polar surface area (TPSA) is 0 Å². The van der Waals surface area contributed by atoms with Gasteiger partial charge < -0.3 is 0 Å². The lowest BCUT2D eigenvalue weighted by Crippen LogP contribution is -2.23. The minimum atomic E-state index is 0.888. The summed E-state index contributed by atoms with van der Waals surface area (Å²) in [6, 6.07) is 0. The molecule has 0 N–H and O–H groups in total. The van der Waals surface area contributed by atoms with Gasteiger partial charge in [0.05, 0.1) is 0 Å². The van der Waals surface area contributed by atoms with Crippen LogP contribution in [0.5, 0.6) is 0 Å². The van der Waals surface area contributed by atoms with Crippen molar-refractivity contribution < 1.29 is 0 Å². The second-order valence-electron chi connectivity index (χ2n) is 3.80. The second-order valence-corrected chi connectivity index (χ2v) is 3.80. The predicted molar refractivity (Wildman–Crippen MR) is 43.0 cm³/mol. The van der Waals surface area contributed by atoms with Gasteiger partial charge >= 0.3 is 0 Å². The Hall–Kier alpha value is 0.0649. The molecule has 0 amide bonds. The van der Waals surface area contributed by atoms with E-state index >= 15 is 0 Å². The van der Waals surface area contributed by atoms with Gasteiger partial charge in [-0.3, -0.25) is 0 Å². The van der Waals surface area contributed by atoms with E-state index in [0.717, 1.165) is 17.6 Å². The summed E-state index contributed by atoms with van der Waals surface area (Å²) in [4.78, 5) is 0. The van der Waals surface area contributed by atoms with Crippen LogP contribution in [0, 0.1) is 5.92 Å². The molecule has 0 aromatic rings. The Labute approximate surface area is 59.3 Å². The average molecular weight is 123 g/mol. The number of hydrogen-bond donors (Lipinski definition) is 0. The first kappa shape index (κ1) is 7.18. The van der Waals surface area contributed by atoms with Crippen molar-refractivity contribution in [1.82, 2.24) is 0 Å². The van der Waals surface area contributed by atoms with Crippen molar-refractivity contribution in [2.75, 3.05) is 0 Å². The van der Waals surface area contributed by atoms with Gasteiger partial charge in [-0.25, -0.2) is 0 Å². The van der Waals surface area contributed by atoms with Gasteiger partial charge in [0.1, 0.15) is 7.28 Å². The Morgan fingerprint density at radius 2 is 2.11 bits per heavy atom. The molecule has 0 aliphatic carbocycles. The molecular weight excluding hydrogens is 107 g/mol. The van der Waals surface area contributed by atoms with Crippen molar-refractivity contribution in [3.8, 4) is 0 Å². The zero-order chi connectivity index (χ0) is 6.85. The molecule has 1 heterocycles. The van der Waals surface area contributed by atoms with Gasteiger partial charge in [0.2, 0.25) is 0 Å². The van der Waals surface area contributed by atoms with E-state index in [0.29, 0.717) is 0 Å². The molecule has 0 saturated carbocycles. The van der Waals surface area contributed by atoms with E-state index in [4.69, 9.17) is 0 Å². The first-order chi connectivity index (χ1) is 4.18. The van der Waals surface area contributed by atoms with Gasteiger partial charge in [0, 0.05) is 0 Å². The van der Waals surface area contributed by atoms with Crippen LogP contribution in [0.1, 0.15) is 33.6 Å². The third-order valence-electron chi connectivity index (χ3n) is 2.05. The standard InChI is InChI=1S/C8H16B/c1-6(2)4-8-5-7(3)9-8/h6-8H,4-5H2,1-3H3. The van der Waals surface area contributed by atoms with Crippen LogP contribution in [-0.2, 0) is 0 Å². The molecule has 0 aromatic carbocycles. The molecule has 0 aromatic heterocycles. The molecule has 1 aliphatic rings. The highest BCUT2D eigenvalue weighted by atomic mass is 14.2. The Kier molecular flexibility index (Phi) is 2.20.